The number of carbonyl (C=O) groups is 3. The zero-order chi connectivity index (χ0) is 23.8. The molecule has 0 aromatic heterocycles. The quantitative estimate of drug-likeness (QED) is 0.607. The average Bonchev–Trinajstić information content (AvgIpc) is 2.86. The van der Waals surface area contributed by atoms with Crippen LogP contribution in [0.3, 0.4) is 0 Å². The molecule has 33 heavy (non-hydrogen) atoms. The van der Waals surface area contributed by atoms with Gasteiger partial charge in [0, 0.05) is 30.8 Å². The molecule has 1 fully saturated rings. The number of likely N-dealkylation sites (tertiary alicyclic amines) is 1. The van der Waals surface area contributed by atoms with Gasteiger partial charge in [-0.1, -0.05) is 29.8 Å². The van der Waals surface area contributed by atoms with Crippen LogP contribution < -0.4 is 15.4 Å². The molecule has 1 aliphatic heterocycles. The van der Waals surface area contributed by atoms with Gasteiger partial charge in [0.25, 0.3) is 11.8 Å². The molecule has 7 nitrogen and oxygen atoms in total. The van der Waals surface area contributed by atoms with Crippen LogP contribution in [0.25, 0.3) is 0 Å². The summed E-state index contributed by atoms with van der Waals surface area (Å²) >= 11 is 0. The van der Waals surface area contributed by atoms with Gasteiger partial charge in [-0.05, 0) is 56.0 Å². The topological polar surface area (TPSA) is 87.7 Å². The van der Waals surface area contributed by atoms with E-state index in [-0.39, 0.29) is 23.6 Å². The van der Waals surface area contributed by atoms with E-state index in [1.54, 1.807) is 30.3 Å². The molecule has 0 radical (unpaired) electrons. The van der Waals surface area contributed by atoms with E-state index in [0.717, 1.165) is 5.56 Å². The molecule has 1 atom stereocenters. The fraction of sp³-hybridized carbons (Fsp3) is 0.346. The highest BCUT2D eigenvalue weighted by Crippen LogP contribution is 2.23. The minimum absolute atomic E-state index is 0.0125. The van der Waals surface area contributed by atoms with Gasteiger partial charge in [0.15, 0.2) is 0 Å². The normalized spacial score (nSPS) is 14.8. The van der Waals surface area contributed by atoms with Crippen molar-refractivity contribution in [3.63, 3.8) is 0 Å². The van der Waals surface area contributed by atoms with E-state index < -0.39 is 6.04 Å². The van der Waals surface area contributed by atoms with Crippen LogP contribution in [-0.4, -0.2) is 55.4 Å². The summed E-state index contributed by atoms with van der Waals surface area (Å²) in [5.41, 5.74) is 2.18. The summed E-state index contributed by atoms with van der Waals surface area (Å²) in [5, 5.41) is 5.70. The van der Waals surface area contributed by atoms with Gasteiger partial charge in [-0.2, -0.15) is 0 Å². The second-order valence-electron chi connectivity index (χ2n) is 8.21. The van der Waals surface area contributed by atoms with E-state index in [2.05, 4.69) is 17.2 Å². The number of nitrogens with one attached hydrogen (secondary N) is 2. The lowest BCUT2D eigenvalue weighted by atomic mass is 9.88. The molecule has 3 amide bonds. The third-order valence-electron chi connectivity index (χ3n) is 5.92. The van der Waals surface area contributed by atoms with Gasteiger partial charge >= 0.3 is 0 Å². The minimum atomic E-state index is -0.708. The minimum Gasteiger partial charge on any atom is -0.497 e. The Labute approximate surface area is 194 Å². The summed E-state index contributed by atoms with van der Waals surface area (Å²) in [7, 11) is 1.54. The first-order valence-corrected chi connectivity index (χ1v) is 11.1. The van der Waals surface area contributed by atoms with Crippen LogP contribution in [0.4, 0.5) is 0 Å². The fourth-order valence-corrected chi connectivity index (χ4v) is 3.98. The Morgan fingerprint density at radius 3 is 2.45 bits per heavy atom. The number of hydrogen-bond donors (Lipinski definition) is 2. The van der Waals surface area contributed by atoms with Crippen molar-refractivity contribution in [1.29, 1.82) is 0 Å². The van der Waals surface area contributed by atoms with E-state index in [1.807, 2.05) is 36.1 Å². The SMILES string of the molecule is C=CCNC(=O)[C@H](NC(=O)c1cccc(OC)c1)C1CCN(C(=O)c2ccc(C)cc2)CC1. The van der Waals surface area contributed by atoms with Gasteiger partial charge in [0.2, 0.25) is 5.91 Å². The lowest BCUT2D eigenvalue weighted by molar-refractivity contribution is -0.124. The maximum absolute atomic E-state index is 12.9. The van der Waals surface area contributed by atoms with Gasteiger partial charge < -0.3 is 20.3 Å². The summed E-state index contributed by atoms with van der Waals surface area (Å²) in [5.74, 6) is -0.133. The molecule has 1 heterocycles. The van der Waals surface area contributed by atoms with Crippen molar-refractivity contribution in [1.82, 2.24) is 15.5 Å². The maximum atomic E-state index is 12.9. The Balaban J connectivity index is 1.69. The van der Waals surface area contributed by atoms with E-state index >= 15 is 0 Å². The summed E-state index contributed by atoms with van der Waals surface area (Å²) in [4.78, 5) is 40.4. The molecule has 3 rings (SSSR count). The summed E-state index contributed by atoms with van der Waals surface area (Å²) in [6.07, 6.45) is 2.83. The van der Waals surface area contributed by atoms with Crippen molar-refractivity contribution < 1.29 is 19.1 Å². The van der Waals surface area contributed by atoms with Crippen LogP contribution in [0.2, 0.25) is 0 Å². The third-order valence-corrected chi connectivity index (χ3v) is 5.92. The van der Waals surface area contributed by atoms with Crippen LogP contribution in [0, 0.1) is 12.8 Å². The number of piperidine rings is 1. The van der Waals surface area contributed by atoms with E-state index in [4.69, 9.17) is 4.74 Å². The second-order valence-corrected chi connectivity index (χ2v) is 8.21. The van der Waals surface area contributed by atoms with Crippen LogP contribution in [0.15, 0.2) is 61.2 Å². The molecule has 2 aromatic rings. The highest BCUT2D eigenvalue weighted by molar-refractivity contribution is 5.98. The molecule has 2 aromatic carbocycles. The van der Waals surface area contributed by atoms with Crippen molar-refractivity contribution in [3.8, 4) is 5.75 Å². The Hall–Kier alpha value is -3.61. The number of nitrogens with zero attached hydrogens (tertiary/aromatic N) is 1. The third kappa shape index (κ3) is 6.22. The molecular formula is C26H31N3O4. The summed E-state index contributed by atoms with van der Waals surface area (Å²) < 4.78 is 5.20. The molecule has 0 spiro atoms. The molecule has 0 bridgehead atoms. The Morgan fingerprint density at radius 1 is 1.12 bits per heavy atom. The Morgan fingerprint density at radius 2 is 1.82 bits per heavy atom. The first-order chi connectivity index (χ1) is 15.9. The second kappa shape index (κ2) is 11.3. The van der Waals surface area contributed by atoms with Crippen molar-refractivity contribution >= 4 is 17.7 Å². The summed E-state index contributed by atoms with van der Waals surface area (Å²) in [6.45, 7) is 6.98. The molecule has 2 N–H and O–H groups in total. The first kappa shape index (κ1) is 24.0. The van der Waals surface area contributed by atoms with Crippen molar-refractivity contribution in [2.75, 3.05) is 26.7 Å². The summed E-state index contributed by atoms with van der Waals surface area (Å²) in [6, 6.07) is 13.6. The lowest BCUT2D eigenvalue weighted by Gasteiger charge is -2.36. The molecular weight excluding hydrogens is 418 g/mol. The zero-order valence-corrected chi connectivity index (χ0v) is 19.2. The van der Waals surface area contributed by atoms with Gasteiger partial charge in [-0.25, -0.2) is 0 Å². The van der Waals surface area contributed by atoms with Crippen molar-refractivity contribution in [2.45, 2.75) is 25.8 Å². The lowest BCUT2D eigenvalue weighted by Crippen LogP contribution is -2.53. The number of rotatable bonds is 8. The monoisotopic (exact) mass is 449 g/mol. The number of amides is 3. The molecule has 174 valence electrons. The number of benzene rings is 2. The fourth-order valence-electron chi connectivity index (χ4n) is 3.98. The van der Waals surface area contributed by atoms with Crippen LogP contribution >= 0.6 is 0 Å². The van der Waals surface area contributed by atoms with Gasteiger partial charge in [-0.3, -0.25) is 14.4 Å². The van der Waals surface area contributed by atoms with Gasteiger partial charge in [-0.15, -0.1) is 6.58 Å². The highest BCUT2D eigenvalue weighted by Gasteiger charge is 2.34. The highest BCUT2D eigenvalue weighted by atomic mass is 16.5. The van der Waals surface area contributed by atoms with Crippen LogP contribution in [0.5, 0.6) is 5.75 Å². The number of carbonyl (C=O) groups excluding carboxylic acids is 3. The Bertz CT molecular complexity index is 995. The number of hydrogen-bond acceptors (Lipinski definition) is 4. The number of ether oxygens (including phenoxy) is 1. The van der Waals surface area contributed by atoms with Crippen molar-refractivity contribution in [3.05, 3.63) is 77.9 Å². The van der Waals surface area contributed by atoms with Crippen LogP contribution in [-0.2, 0) is 4.79 Å². The van der Waals surface area contributed by atoms with Gasteiger partial charge in [0.05, 0.1) is 7.11 Å². The number of methoxy groups -OCH3 is 1. The predicted molar refractivity (Wildman–Crippen MR) is 127 cm³/mol. The van der Waals surface area contributed by atoms with E-state index in [1.165, 1.54) is 7.11 Å². The molecule has 1 aliphatic rings. The Kier molecular flexibility index (Phi) is 8.24. The van der Waals surface area contributed by atoms with E-state index in [0.29, 0.717) is 49.4 Å². The molecule has 1 saturated heterocycles. The van der Waals surface area contributed by atoms with Crippen LogP contribution in [0.1, 0.15) is 39.1 Å². The maximum Gasteiger partial charge on any atom is 0.253 e. The first-order valence-electron chi connectivity index (χ1n) is 11.1. The average molecular weight is 450 g/mol. The predicted octanol–water partition coefficient (Wildman–Crippen LogP) is 2.96. The molecule has 7 heteroatoms. The largest absolute Gasteiger partial charge is 0.497 e. The van der Waals surface area contributed by atoms with Crippen molar-refractivity contribution in [2.24, 2.45) is 5.92 Å². The van der Waals surface area contributed by atoms with E-state index in [9.17, 15) is 14.4 Å². The zero-order valence-electron chi connectivity index (χ0n) is 19.2. The molecule has 0 unspecified atom stereocenters. The molecule has 0 aliphatic carbocycles. The number of aryl methyl sites for hydroxylation is 1. The smallest absolute Gasteiger partial charge is 0.253 e. The standard InChI is InChI=1S/C26H31N3O4/c1-4-14-27-25(31)23(28-24(30)21-6-5-7-22(17-21)33-3)19-12-15-29(16-13-19)26(32)20-10-8-18(2)9-11-20/h4-11,17,19,23H,1,12-16H2,2-3H3,(H,27,31)(H,28,30)/t23-/m1/s1. The van der Waals surface area contributed by atoms with Gasteiger partial charge in [0.1, 0.15) is 11.8 Å². The molecule has 0 saturated carbocycles.